The van der Waals surface area contributed by atoms with E-state index in [9.17, 15) is 14.4 Å². The Balaban J connectivity index is 0.775. The van der Waals surface area contributed by atoms with E-state index in [2.05, 4.69) is 86.5 Å². The quantitative estimate of drug-likeness (QED) is 0.0695. The summed E-state index contributed by atoms with van der Waals surface area (Å²) >= 11 is 0. The molecule has 16 heteroatoms. The molecule has 1 saturated heterocycles. The number of aryl methyl sites for hydroxylation is 7. The minimum atomic E-state index is -0.463. The van der Waals surface area contributed by atoms with Crippen LogP contribution >= 0.6 is 0 Å². The van der Waals surface area contributed by atoms with Crippen LogP contribution in [0.2, 0.25) is 0 Å². The highest BCUT2D eigenvalue weighted by atomic mass is 16.5. The Hall–Kier alpha value is -7.10. The molecule has 4 N–H and O–H groups in total. The van der Waals surface area contributed by atoms with Gasteiger partial charge in [-0.1, -0.05) is 23.9 Å². The van der Waals surface area contributed by atoms with E-state index < -0.39 is 6.04 Å². The number of hydrogen-bond acceptors (Lipinski definition) is 10. The first-order valence-corrected chi connectivity index (χ1v) is 22.8. The summed E-state index contributed by atoms with van der Waals surface area (Å²) in [6.07, 6.45) is 11.6. The monoisotopic (exact) mass is 874 g/mol. The number of benzene rings is 2. The number of aromatic amines is 1. The van der Waals surface area contributed by atoms with Crippen molar-refractivity contribution < 1.29 is 18.9 Å². The molecule has 3 aliphatic rings. The van der Waals surface area contributed by atoms with Gasteiger partial charge in [0, 0.05) is 72.1 Å². The molecular weight excluding hydrogens is 821 g/mol. The minimum absolute atomic E-state index is 0.0658. The van der Waals surface area contributed by atoms with Gasteiger partial charge in [-0.3, -0.25) is 14.4 Å². The van der Waals surface area contributed by atoms with Gasteiger partial charge in [-0.2, -0.15) is 5.10 Å². The van der Waals surface area contributed by atoms with Gasteiger partial charge in [0.15, 0.2) is 0 Å². The number of amides is 3. The molecule has 2 aliphatic heterocycles. The van der Waals surface area contributed by atoms with Crippen molar-refractivity contribution in [1.29, 1.82) is 0 Å². The van der Waals surface area contributed by atoms with Crippen LogP contribution in [0.15, 0.2) is 65.7 Å². The van der Waals surface area contributed by atoms with Crippen LogP contribution in [-0.4, -0.2) is 74.6 Å². The van der Waals surface area contributed by atoms with Crippen molar-refractivity contribution in [3.8, 4) is 11.1 Å². The Morgan fingerprint density at radius 2 is 1.88 bits per heavy atom. The van der Waals surface area contributed by atoms with Crippen LogP contribution < -0.4 is 16.0 Å². The normalized spacial score (nSPS) is 16.2. The first-order chi connectivity index (χ1) is 31.5. The highest BCUT2D eigenvalue weighted by molar-refractivity contribution is 6.13. The first-order valence-electron chi connectivity index (χ1n) is 22.8. The topological polar surface area (TPSA) is 194 Å². The van der Waals surface area contributed by atoms with Crippen molar-refractivity contribution in [2.75, 3.05) is 11.9 Å². The Labute approximate surface area is 376 Å². The zero-order chi connectivity index (χ0) is 44.9. The summed E-state index contributed by atoms with van der Waals surface area (Å²) in [4.78, 5) is 59.2. The maximum atomic E-state index is 13.8. The SMILES string of the molecule is C=C1CCC(N2Cc3c(CCCCn4cnc(CCCNC(=O)c5nc(Nc6cc(C7CC7)nn6CC)c6c(n5)[nH]c5cc(-c7c(C)noc7C)c(C)cc56)c4)cccc3C2=O)C(=O)N1. The molecule has 1 saturated carbocycles. The van der Waals surface area contributed by atoms with Gasteiger partial charge < -0.3 is 34.9 Å². The third-order valence-electron chi connectivity index (χ3n) is 13.1. The number of fused-ring (bicyclic) bond motifs is 4. The van der Waals surface area contributed by atoms with E-state index in [1.165, 1.54) is 0 Å². The number of anilines is 2. The van der Waals surface area contributed by atoms with Crippen LogP contribution in [0.3, 0.4) is 0 Å². The van der Waals surface area contributed by atoms with E-state index in [1.807, 2.05) is 37.0 Å². The van der Waals surface area contributed by atoms with Crippen LogP contribution in [0.5, 0.6) is 0 Å². The van der Waals surface area contributed by atoms with Crippen molar-refractivity contribution in [2.45, 2.75) is 117 Å². The zero-order valence-corrected chi connectivity index (χ0v) is 37.4. The van der Waals surface area contributed by atoms with Crippen LogP contribution in [0.4, 0.5) is 11.6 Å². The van der Waals surface area contributed by atoms with Crippen LogP contribution in [0, 0.1) is 20.8 Å². The van der Waals surface area contributed by atoms with Crippen molar-refractivity contribution >= 4 is 51.3 Å². The number of allylic oxidation sites excluding steroid dienone is 1. The summed E-state index contributed by atoms with van der Waals surface area (Å²) in [5, 5.41) is 20.2. The molecule has 2 fully saturated rings. The second-order valence-corrected chi connectivity index (χ2v) is 17.8. The molecule has 7 heterocycles. The summed E-state index contributed by atoms with van der Waals surface area (Å²) in [5.74, 6) is 2.08. The molecule has 1 atom stereocenters. The van der Waals surface area contributed by atoms with Crippen LogP contribution in [-0.2, 0) is 37.3 Å². The first kappa shape index (κ1) is 41.9. The number of nitrogens with one attached hydrogen (secondary N) is 4. The standard InChI is InChI=1S/C49H54N12O4/c1-6-61-41(23-38(57-61)32-16-17-32)54-45-43-36-21-27(2)35(42-29(4)58-65-30(42)5)22-39(36)53-44(43)55-46(56-45)48(63)50-19-10-13-33-24-59(26-51-33)20-8-7-11-31-12-9-14-34-37(31)25-60(49(34)64)40-18-15-28(3)52-47(40)62/h9,12,14,21-24,26,32,40H,3,6-8,10-11,13,15-20,25H2,1-2,4-5H3,(H,50,63)(H,52,62)(H2,53,54,55,56). The number of carbonyl (C=O) groups is 3. The highest BCUT2D eigenvalue weighted by Crippen LogP contribution is 2.42. The lowest BCUT2D eigenvalue weighted by atomic mass is 9.97. The molecule has 7 aromatic rings. The maximum Gasteiger partial charge on any atom is 0.289 e. The maximum absolute atomic E-state index is 13.8. The molecular formula is C49H54N12O4. The largest absolute Gasteiger partial charge is 0.361 e. The van der Waals surface area contributed by atoms with Gasteiger partial charge in [-0.05, 0) is 126 Å². The van der Waals surface area contributed by atoms with Gasteiger partial charge >= 0.3 is 0 Å². The second kappa shape index (κ2) is 17.1. The molecule has 0 spiro atoms. The average Bonchev–Trinajstić information content (AvgIpc) is 3.54. The van der Waals surface area contributed by atoms with Gasteiger partial charge in [0.1, 0.15) is 29.1 Å². The summed E-state index contributed by atoms with van der Waals surface area (Å²) in [5.41, 5.74) is 10.9. The number of carbonyl (C=O) groups excluding carboxylic acids is 3. The number of piperidine rings is 1. The van der Waals surface area contributed by atoms with E-state index in [0.717, 1.165) is 111 Å². The minimum Gasteiger partial charge on any atom is -0.361 e. The fourth-order valence-electron chi connectivity index (χ4n) is 9.54. The van der Waals surface area contributed by atoms with Crippen molar-refractivity contribution in [3.05, 3.63) is 112 Å². The van der Waals surface area contributed by atoms with Gasteiger partial charge in [0.05, 0.1) is 28.8 Å². The lowest BCUT2D eigenvalue weighted by molar-refractivity contribution is -0.126. The Morgan fingerprint density at radius 3 is 2.66 bits per heavy atom. The molecule has 1 aliphatic carbocycles. The molecule has 5 aromatic heterocycles. The van der Waals surface area contributed by atoms with Crippen LogP contribution in [0.1, 0.15) is 118 Å². The Kier molecular flexibility index (Phi) is 11.0. The predicted molar refractivity (Wildman–Crippen MR) is 247 cm³/mol. The van der Waals surface area contributed by atoms with E-state index in [1.54, 1.807) is 4.90 Å². The average molecular weight is 875 g/mol. The number of aromatic nitrogens is 8. The molecule has 65 heavy (non-hydrogen) atoms. The summed E-state index contributed by atoms with van der Waals surface area (Å²) < 4.78 is 9.57. The molecule has 0 radical (unpaired) electrons. The van der Waals surface area contributed by atoms with Gasteiger partial charge in [-0.15, -0.1) is 0 Å². The fourth-order valence-corrected chi connectivity index (χ4v) is 9.54. The lowest BCUT2D eigenvalue weighted by Gasteiger charge is -2.31. The van der Waals surface area contributed by atoms with E-state index in [4.69, 9.17) is 19.6 Å². The van der Waals surface area contributed by atoms with E-state index in [-0.39, 0.29) is 23.5 Å². The molecule has 10 rings (SSSR count). The number of hydrogen-bond donors (Lipinski definition) is 4. The second-order valence-electron chi connectivity index (χ2n) is 17.8. The van der Waals surface area contributed by atoms with Gasteiger partial charge in [-0.25, -0.2) is 19.6 Å². The van der Waals surface area contributed by atoms with E-state index in [0.29, 0.717) is 74.0 Å². The van der Waals surface area contributed by atoms with Crippen molar-refractivity contribution in [1.82, 2.24) is 55.0 Å². The molecule has 0 bridgehead atoms. The predicted octanol–water partition coefficient (Wildman–Crippen LogP) is 7.86. The molecule has 16 nitrogen and oxygen atoms in total. The van der Waals surface area contributed by atoms with Crippen molar-refractivity contribution in [3.63, 3.8) is 0 Å². The van der Waals surface area contributed by atoms with Gasteiger partial charge in [0.2, 0.25) is 11.7 Å². The Bertz CT molecular complexity index is 3000. The Morgan fingerprint density at radius 1 is 1.02 bits per heavy atom. The molecule has 2 aromatic carbocycles. The number of unbranched alkanes of at least 4 members (excludes halogenated alkanes) is 1. The summed E-state index contributed by atoms with van der Waals surface area (Å²) in [7, 11) is 0. The summed E-state index contributed by atoms with van der Waals surface area (Å²) in [6.45, 7) is 14.3. The number of nitrogens with zero attached hydrogens (tertiary/aromatic N) is 8. The highest BCUT2D eigenvalue weighted by Gasteiger charge is 2.39. The summed E-state index contributed by atoms with van der Waals surface area (Å²) in [6, 6.07) is 11.8. The van der Waals surface area contributed by atoms with Crippen molar-refractivity contribution in [2.24, 2.45) is 0 Å². The van der Waals surface area contributed by atoms with E-state index >= 15 is 0 Å². The number of H-pyrrole nitrogens is 1. The molecule has 3 amide bonds. The third-order valence-corrected chi connectivity index (χ3v) is 13.1. The zero-order valence-electron chi connectivity index (χ0n) is 37.4. The smallest absolute Gasteiger partial charge is 0.289 e. The van der Waals surface area contributed by atoms with Crippen LogP contribution in [0.25, 0.3) is 33.1 Å². The fraction of sp³-hybridized carbons (Fsp3) is 0.388. The number of imidazole rings is 1. The number of rotatable bonds is 16. The van der Waals surface area contributed by atoms with Gasteiger partial charge in [0.25, 0.3) is 11.8 Å². The molecule has 1 unspecified atom stereocenters. The molecule has 334 valence electrons. The third kappa shape index (κ3) is 8.17. The lowest BCUT2D eigenvalue weighted by Crippen LogP contribution is -2.49.